The fourth-order valence-electron chi connectivity index (χ4n) is 0.780. The first kappa shape index (κ1) is 10.9. The summed E-state index contributed by atoms with van der Waals surface area (Å²) >= 11 is 0. The summed E-state index contributed by atoms with van der Waals surface area (Å²) in [5.74, 6) is 6.10. The van der Waals surface area contributed by atoms with Gasteiger partial charge in [-0.3, -0.25) is 5.84 Å². The number of aliphatic hydroxyl groups is 1. The molecule has 0 amide bonds. The third-order valence-corrected chi connectivity index (χ3v) is 2.48. The molecule has 0 saturated heterocycles. The molecule has 3 nitrogen and oxygen atoms in total. The lowest BCUT2D eigenvalue weighted by Crippen LogP contribution is -2.56. The fourth-order valence-corrected chi connectivity index (χ4v) is 0.780. The zero-order valence-corrected chi connectivity index (χ0v) is 8.13. The van der Waals surface area contributed by atoms with E-state index in [0.717, 1.165) is 0 Å². The molecule has 0 aliphatic rings. The van der Waals surface area contributed by atoms with Gasteiger partial charge in [-0.25, -0.2) is 5.01 Å². The van der Waals surface area contributed by atoms with Crippen LogP contribution in [0, 0.1) is 5.92 Å². The predicted molar refractivity (Wildman–Crippen MR) is 46.6 cm³/mol. The maximum absolute atomic E-state index is 9.21. The highest BCUT2D eigenvalue weighted by molar-refractivity contribution is 4.81. The quantitative estimate of drug-likeness (QED) is 0.367. The molecule has 0 aromatic heterocycles. The van der Waals surface area contributed by atoms with E-state index in [0.29, 0.717) is 5.92 Å². The summed E-state index contributed by atoms with van der Waals surface area (Å²) in [6, 6.07) is 0. The molecule has 3 N–H and O–H groups in total. The lowest BCUT2D eigenvalue weighted by molar-refractivity contribution is -0.0645. The number of aliphatic hydroxyl groups excluding tert-OH is 1. The molecule has 1 atom stereocenters. The van der Waals surface area contributed by atoms with Crippen LogP contribution < -0.4 is 5.84 Å². The van der Waals surface area contributed by atoms with Crippen molar-refractivity contribution in [3.63, 3.8) is 0 Å². The van der Waals surface area contributed by atoms with E-state index < -0.39 is 6.23 Å². The molecule has 1 unspecified atom stereocenters. The van der Waals surface area contributed by atoms with Crippen LogP contribution in [-0.2, 0) is 0 Å². The molecule has 0 fully saturated rings. The van der Waals surface area contributed by atoms with Gasteiger partial charge in [0.2, 0.25) is 0 Å². The van der Waals surface area contributed by atoms with Crippen LogP contribution in [0.1, 0.15) is 34.6 Å². The summed E-state index contributed by atoms with van der Waals surface area (Å²) in [4.78, 5) is 0. The first-order valence-corrected chi connectivity index (χ1v) is 4.02. The molecule has 0 aliphatic carbocycles. The van der Waals surface area contributed by atoms with Crippen LogP contribution in [0.25, 0.3) is 0 Å². The van der Waals surface area contributed by atoms with Crippen molar-refractivity contribution in [2.75, 3.05) is 0 Å². The number of nitrogens with zero attached hydrogens (tertiary/aromatic N) is 1. The number of hydrogen-bond donors (Lipinski definition) is 2. The van der Waals surface area contributed by atoms with Gasteiger partial charge in [-0.05, 0) is 26.7 Å². The Hall–Kier alpha value is -0.120. The molecule has 0 bridgehead atoms. The van der Waals surface area contributed by atoms with Crippen LogP contribution in [0.3, 0.4) is 0 Å². The number of nitrogens with two attached hydrogens (primary N) is 1. The van der Waals surface area contributed by atoms with E-state index in [-0.39, 0.29) is 5.54 Å². The van der Waals surface area contributed by atoms with Crippen LogP contribution in [0.5, 0.6) is 0 Å². The van der Waals surface area contributed by atoms with Crippen molar-refractivity contribution < 1.29 is 5.11 Å². The van der Waals surface area contributed by atoms with Crippen LogP contribution >= 0.6 is 0 Å². The Morgan fingerprint density at radius 1 is 1.27 bits per heavy atom. The third kappa shape index (κ3) is 2.43. The van der Waals surface area contributed by atoms with Gasteiger partial charge in [-0.1, -0.05) is 13.8 Å². The molecular formula is C8H20N2O. The molecular weight excluding hydrogens is 140 g/mol. The second-order valence-corrected chi connectivity index (χ2v) is 3.85. The normalized spacial score (nSPS) is 16.1. The van der Waals surface area contributed by atoms with Crippen molar-refractivity contribution in [1.29, 1.82) is 0 Å². The zero-order chi connectivity index (χ0) is 9.23. The van der Waals surface area contributed by atoms with Crippen molar-refractivity contribution in [2.45, 2.75) is 46.4 Å². The summed E-state index contributed by atoms with van der Waals surface area (Å²) in [5, 5.41) is 10.7. The fraction of sp³-hybridized carbons (Fsp3) is 1.00. The topological polar surface area (TPSA) is 49.5 Å². The van der Waals surface area contributed by atoms with Crippen LogP contribution in [0.15, 0.2) is 0 Å². The Kier molecular flexibility index (Phi) is 3.48. The van der Waals surface area contributed by atoms with Gasteiger partial charge in [0, 0.05) is 5.54 Å². The lowest BCUT2D eigenvalue weighted by atomic mass is 9.90. The Balaban J connectivity index is 4.29. The number of hydrogen-bond acceptors (Lipinski definition) is 3. The number of rotatable bonds is 3. The van der Waals surface area contributed by atoms with E-state index in [1.54, 1.807) is 6.92 Å². The second kappa shape index (κ2) is 3.52. The van der Waals surface area contributed by atoms with Gasteiger partial charge in [0.25, 0.3) is 0 Å². The monoisotopic (exact) mass is 160 g/mol. The van der Waals surface area contributed by atoms with Crippen LogP contribution in [-0.4, -0.2) is 21.9 Å². The minimum absolute atomic E-state index is 0.159. The molecule has 3 heteroatoms. The van der Waals surface area contributed by atoms with E-state index in [1.165, 1.54) is 5.01 Å². The van der Waals surface area contributed by atoms with E-state index in [4.69, 9.17) is 5.84 Å². The molecule has 68 valence electrons. The SMILES string of the molecule is CC(O)N(N)C(C)(C)C(C)C. The van der Waals surface area contributed by atoms with Gasteiger partial charge < -0.3 is 5.11 Å². The van der Waals surface area contributed by atoms with Gasteiger partial charge in [-0.15, -0.1) is 0 Å². The van der Waals surface area contributed by atoms with Crippen molar-refractivity contribution in [2.24, 2.45) is 11.8 Å². The molecule has 0 aromatic carbocycles. The van der Waals surface area contributed by atoms with Gasteiger partial charge in [0.15, 0.2) is 0 Å². The summed E-state index contributed by atoms with van der Waals surface area (Å²) in [5.41, 5.74) is -0.159. The van der Waals surface area contributed by atoms with Crippen LogP contribution in [0.2, 0.25) is 0 Å². The van der Waals surface area contributed by atoms with Gasteiger partial charge in [-0.2, -0.15) is 0 Å². The highest BCUT2D eigenvalue weighted by atomic mass is 16.3. The molecule has 11 heavy (non-hydrogen) atoms. The Morgan fingerprint density at radius 3 is 1.73 bits per heavy atom. The summed E-state index contributed by atoms with van der Waals surface area (Å²) in [7, 11) is 0. The minimum Gasteiger partial charge on any atom is -0.377 e. The Morgan fingerprint density at radius 2 is 1.64 bits per heavy atom. The highest BCUT2D eigenvalue weighted by Gasteiger charge is 2.30. The Labute approximate surface area is 69.2 Å². The molecule has 0 rings (SSSR count). The van der Waals surface area contributed by atoms with Crippen molar-refractivity contribution in [1.82, 2.24) is 5.01 Å². The average molecular weight is 160 g/mol. The first-order valence-electron chi connectivity index (χ1n) is 4.02. The van der Waals surface area contributed by atoms with E-state index in [9.17, 15) is 5.11 Å². The minimum atomic E-state index is -0.590. The van der Waals surface area contributed by atoms with Gasteiger partial charge in [0.05, 0.1) is 0 Å². The molecule has 0 aliphatic heterocycles. The largest absolute Gasteiger partial charge is 0.377 e. The number of hydrazine groups is 1. The van der Waals surface area contributed by atoms with Gasteiger partial charge >= 0.3 is 0 Å². The maximum Gasteiger partial charge on any atom is 0.117 e. The van der Waals surface area contributed by atoms with Crippen molar-refractivity contribution in [3.8, 4) is 0 Å². The van der Waals surface area contributed by atoms with Crippen molar-refractivity contribution in [3.05, 3.63) is 0 Å². The zero-order valence-electron chi connectivity index (χ0n) is 8.13. The maximum atomic E-state index is 9.21. The van der Waals surface area contributed by atoms with E-state index in [2.05, 4.69) is 13.8 Å². The average Bonchev–Trinajstić information content (AvgIpc) is 1.85. The van der Waals surface area contributed by atoms with E-state index >= 15 is 0 Å². The second-order valence-electron chi connectivity index (χ2n) is 3.85. The Bertz CT molecular complexity index is 121. The summed E-state index contributed by atoms with van der Waals surface area (Å²) in [6.45, 7) is 9.88. The first-order chi connectivity index (χ1) is 4.80. The standard InChI is InChI=1S/C8H20N2O/c1-6(2)8(4,5)10(9)7(3)11/h6-7,11H,9H2,1-5H3. The molecule has 0 spiro atoms. The highest BCUT2D eigenvalue weighted by Crippen LogP contribution is 2.21. The molecule has 0 aromatic rings. The summed E-state index contributed by atoms with van der Waals surface area (Å²) in [6.07, 6.45) is -0.590. The lowest BCUT2D eigenvalue weighted by Gasteiger charge is -2.40. The molecule has 0 heterocycles. The van der Waals surface area contributed by atoms with Crippen LogP contribution in [0.4, 0.5) is 0 Å². The molecule has 0 saturated carbocycles. The third-order valence-electron chi connectivity index (χ3n) is 2.48. The molecule has 0 radical (unpaired) electrons. The smallest absolute Gasteiger partial charge is 0.117 e. The van der Waals surface area contributed by atoms with Crippen molar-refractivity contribution >= 4 is 0 Å². The predicted octanol–water partition coefficient (Wildman–Crippen LogP) is 0.935. The summed E-state index contributed by atoms with van der Waals surface area (Å²) < 4.78 is 0. The van der Waals surface area contributed by atoms with Gasteiger partial charge in [0.1, 0.15) is 6.23 Å². The van der Waals surface area contributed by atoms with E-state index in [1.807, 2.05) is 13.8 Å².